The van der Waals surface area contributed by atoms with Gasteiger partial charge in [-0.2, -0.15) is 0 Å². The number of fused-ring (bicyclic) bond motifs is 5. The molecule has 3 aliphatic rings. The van der Waals surface area contributed by atoms with E-state index >= 15 is 0 Å². The third kappa shape index (κ3) is 6.28. The van der Waals surface area contributed by atoms with Crippen LogP contribution in [-0.4, -0.2) is 59.5 Å². The zero-order valence-electron chi connectivity index (χ0n) is 25.3. The second-order valence-electron chi connectivity index (χ2n) is 14.4. The van der Waals surface area contributed by atoms with Gasteiger partial charge in [-0.25, -0.2) is 0 Å². The first-order valence-corrected chi connectivity index (χ1v) is 14.2. The quantitative estimate of drug-likeness (QED) is 0.284. The van der Waals surface area contributed by atoms with E-state index in [1.807, 2.05) is 20.8 Å². The van der Waals surface area contributed by atoms with Gasteiger partial charge in [0, 0.05) is 11.8 Å². The molecule has 39 heavy (non-hydrogen) atoms. The minimum Gasteiger partial charge on any atom is -0.481 e. The summed E-state index contributed by atoms with van der Waals surface area (Å²) in [6, 6.07) is 0. The maximum atomic E-state index is 13.7. The van der Waals surface area contributed by atoms with Crippen molar-refractivity contribution in [1.82, 2.24) is 0 Å². The molecule has 3 rings (SSSR count). The van der Waals surface area contributed by atoms with Crippen LogP contribution in [0.15, 0.2) is 0 Å². The number of esters is 3. The van der Waals surface area contributed by atoms with Crippen molar-refractivity contribution in [2.45, 2.75) is 119 Å². The minimum atomic E-state index is -1.41. The lowest BCUT2D eigenvalue weighted by Gasteiger charge is -2.41. The van der Waals surface area contributed by atoms with Gasteiger partial charge in [0.05, 0.1) is 41.0 Å². The average Bonchev–Trinajstić information content (AvgIpc) is 3.44. The number of carbonyl (C=O) groups is 4. The van der Waals surface area contributed by atoms with Crippen molar-refractivity contribution in [3.8, 4) is 0 Å². The van der Waals surface area contributed by atoms with Gasteiger partial charge >= 0.3 is 23.9 Å². The molecular formula is C30H48O9. The predicted octanol–water partition coefficient (Wildman–Crippen LogP) is 4.79. The van der Waals surface area contributed by atoms with Gasteiger partial charge in [-0.1, -0.05) is 6.92 Å². The van der Waals surface area contributed by atoms with Crippen LogP contribution >= 0.6 is 0 Å². The summed E-state index contributed by atoms with van der Waals surface area (Å²) in [5, 5.41) is 10.3. The van der Waals surface area contributed by atoms with Crippen LogP contribution in [0.4, 0.5) is 0 Å². The second kappa shape index (κ2) is 10.7. The van der Waals surface area contributed by atoms with Gasteiger partial charge in [-0.3, -0.25) is 19.2 Å². The first kappa shape index (κ1) is 31.4. The van der Waals surface area contributed by atoms with Gasteiger partial charge in [-0.15, -0.1) is 0 Å². The van der Waals surface area contributed by atoms with Crippen molar-refractivity contribution in [2.24, 2.45) is 39.9 Å². The topological polar surface area (TPSA) is 125 Å². The number of hydrogen-bond acceptors (Lipinski definition) is 8. The molecule has 8 unspecified atom stereocenters. The Labute approximate surface area is 232 Å². The number of hydrogen-bond donors (Lipinski definition) is 1. The van der Waals surface area contributed by atoms with E-state index in [1.54, 1.807) is 48.5 Å². The highest BCUT2D eigenvalue weighted by atomic mass is 16.6. The van der Waals surface area contributed by atoms with Crippen LogP contribution in [0, 0.1) is 39.9 Å². The van der Waals surface area contributed by atoms with Crippen LogP contribution in [0.1, 0.15) is 94.9 Å². The first-order chi connectivity index (χ1) is 17.7. The van der Waals surface area contributed by atoms with Gasteiger partial charge in [-0.05, 0) is 93.9 Å². The molecule has 9 nitrogen and oxygen atoms in total. The van der Waals surface area contributed by atoms with Crippen LogP contribution in [-0.2, 0) is 38.1 Å². The molecule has 0 spiro atoms. The molecule has 2 bridgehead atoms. The summed E-state index contributed by atoms with van der Waals surface area (Å²) in [6.07, 6.45) is 0.0414. The molecule has 1 N–H and O–H groups in total. The van der Waals surface area contributed by atoms with E-state index in [-0.39, 0.29) is 54.7 Å². The van der Waals surface area contributed by atoms with Crippen molar-refractivity contribution in [3.05, 3.63) is 0 Å². The zero-order valence-corrected chi connectivity index (χ0v) is 25.3. The van der Waals surface area contributed by atoms with E-state index in [9.17, 15) is 24.3 Å². The molecular weight excluding hydrogens is 504 g/mol. The van der Waals surface area contributed by atoms with E-state index in [4.69, 9.17) is 18.9 Å². The molecule has 9 heteroatoms. The Morgan fingerprint density at radius 2 is 1.54 bits per heavy atom. The molecule has 0 amide bonds. The highest BCUT2D eigenvalue weighted by molar-refractivity contribution is 5.82. The third-order valence-electron chi connectivity index (χ3n) is 8.90. The lowest BCUT2D eigenvalue weighted by Crippen LogP contribution is -2.49. The summed E-state index contributed by atoms with van der Waals surface area (Å²) in [7, 11) is 0. The Morgan fingerprint density at radius 1 is 0.923 bits per heavy atom. The van der Waals surface area contributed by atoms with Crippen LogP contribution in [0.25, 0.3) is 0 Å². The number of carbonyl (C=O) groups excluding carboxylic acids is 3. The lowest BCUT2D eigenvalue weighted by atomic mass is 9.65. The number of carboxylic acids is 1. The molecule has 1 aliphatic heterocycles. The largest absolute Gasteiger partial charge is 0.481 e. The number of ether oxygens (including phenoxy) is 4. The van der Waals surface area contributed by atoms with Crippen LogP contribution in [0.3, 0.4) is 0 Å². The Morgan fingerprint density at radius 3 is 2.05 bits per heavy atom. The van der Waals surface area contributed by atoms with E-state index in [0.29, 0.717) is 13.0 Å². The smallest absolute Gasteiger partial charge is 0.312 e. The number of cyclic esters (lactones) is 1. The minimum absolute atomic E-state index is 0.000262. The molecule has 8 atom stereocenters. The molecule has 1 saturated heterocycles. The highest BCUT2D eigenvalue weighted by Crippen LogP contribution is 2.57. The Hall–Kier alpha value is -2.16. The molecule has 3 fully saturated rings. The predicted molar refractivity (Wildman–Crippen MR) is 142 cm³/mol. The summed E-state index contributed by atoms with van der Waals surface area (Å²) in [6.45, 7) is 18.0. The van der Waals surface area contributed by atoms with Crippen LogP contribution in [0.5, 0.6) is 0 Å². The third-order valence-corrected chi connectivity index (χ3v) is 8.90. The van der Waals surface area contributed by atoms with Gasteiger partial charge in [0.2, 0.25) is 0 Å². The molecule has 1 heterocycles. The molecule has 222 valence electrons. The Bertz CT molecular complexity index is 979. The monoisotopic (exact) mass is 552 g/mol. The maximum absolute atomic E-state index is 13.7. The van der Waals surface area contributed by atoms with Crippen molar-refractivity contribution >= 4 is 23.9 Å². The van der Waals surface area contributed by atoms with Gasteiger partial charge in [0.25, 0.3) is 0 Å². The molecule has 0 aromatic rings. The average molecular weight is 553 g/mol. The van der Waals surface area contributed by atoms with Crippen molar-refractivity contribution in [3.63, 3.8) is 0 Å². The number of aliphatic carboxylic acids is 1. The van der Waals surface area contributed by atoms with Crippen LogP contribution < -0.4 is 0 Å². The Balaban J connectivity index is 1.80. The van der Waals surface area contributed by atoms with Crippen LogP contribution in [0.2, 0.25) is 0 Å². The van der Waals surface area contributed by atoms with E-state index in [1.165, 1.54) is 0 Å². The second-order valence-corrected chi connectivity index (χ2v) is 14.4. The zero-order chi connectivity index (χ0) is 29.7. The Kier molecular flexibility index (Phi) is 8.59. The maximum Gasteiger partial charge on any atom is 0.312 e. The summed E-state index contributed by atoms with van der Waals surface area (Å²) in [5.41, 5.74) is -4.36. The normalized spacial score (nSPS) is 31.3. The number of rotatable bonds is 11. The van der Waals surface area contributed by atoms with E-state index in [0.717, 1.165) is 6.42 Å². The standard InChI is InChI=1S/C30H48O9/c1-11-29(9,26(35)39-27(4,5)6)15-30(10,24(32)33)14-28(7,8)25(34)38-22-18-12-17(21(22)37-16(2)3)19-13-36-23(31)20(18)19/h16-22H,11-15H2,1-10H3,(H,32,33). The molecule has 2 saturated carbocycles. The molecule has 2 aliphatic carbocycles. The van der Waals surface area contributed by atoms with Gasteiger partial charge < -0.3 is 24.1 Å². The summed E-state index contributed by atoms with van der Waals surface area (Å²) < 4.78 is 23.3. The van der Waals surface area contributed by atoms with Gasteiger partial charge in [0.1, 0.15) is 11.7 Å². The van der Waals surface area contributed by atoms with E-state index in [2.05, 4.69) is 0 Å². The number of carboxylic acid groups (broad SMARTS) is 1. The first-order valence-electron chi connectivity index (χ1n) is 14.2. The fourth-order valence-electron chi connectivity index (χ4n) is 7.07. The summed E-state index contributed by atoms with van der Waals surface area (Å²) in [4.78, 5) is 51.9. The lowest BCUT2D eigenvalue weighted by molar-refractivity contribution is -0.184. The molecule has 0 aromatic heterocycles. The highest BCUT2D eigenvalue weighted by Gasteiger charge is 2.65. The SMILES string of the molecule is CCC(C)(CC(C)(CC(C)(C)C(=O)OC1C2CC(C3COC(=O)C32)C1OC(C)C)C(=O)O)C(=O)OC(C)(C)C. The van der Waals surface area contributed by atoms with Gasteiger partial charge in [0.15, 0.2) is 0 Å². The summed E-state index contributed by atoms with van der Waals surface area (Å²) in [5.74, 6) is -2.67. The summed E-state index contributed by atoms with van der Waals surface area (Å²) >= 11 is 0. The van der Waals surface area contributed by atoms with E-state index < -0.39 is 45.9 Å². The fourth-order valence-corrected chi connectivity index (χ4v) is 7.07. The van der Waals surface area contributed by atoms with Crippen molar-refractivity contribution in [2.75, 3.05) is 6.61 Å². The molecule has 0 aromatic carbocycles. The molecule has 0 radical (unpaired) electrons. The van der Waals surface area contributed by atoms with Crippen molar-refractivity contribution < 1.29 is 43.2 Å². The van der Waals surface area contributed by atoms with Crippen molar-refractivity contribution in [1.29, 1.82) is 0 Å². The fraction of sp³-hybridized carbons (Fsp3) is 0.867.